The van der Waals surface area contributed by atoms with Crippen molar-refractivity contribution >= 4 is 22.4 Å². The molecule has 1 amide bonds. The summed E-state index contributed by atoms with van der Waals surface area (Å²) in [5.41, 5.74) is 4.43. The summed E-state index contributed by atoms with van der Waals surface area (Å²) >= 11 is 0. The summed E-state index contributed by atoms with van der Waals surface area (Å²) in [4.78, 5) is 12.0. The Morgan fingerprint density at radius 3 is 2.57 bits per heavy atom. The molecule has 4 nitrogen and oxygen atoms in total. The topological polar surface area (TPSA) is 45.3 Å². The fourth-order valence-electron chi connectivity index (χ4n) is 2.49. The molecular formula is C19H18N3O+. The van der Waals surface area contributed by atoms with Crippen molar-refractivity contribution in [2.75, 3.05) is 0 Å². The van der Waals surface area contributed by atoms with Gasteiger partial charge in [0.1, 0.15) is 0 Å². The highest BCUT2D eigenvalue weighted by atomic mass is 16.2. The van der Waals surface area contributed by atoms with Gasteiger partial charge in [0.05, 0.1) is 5.71 Å². The van der Waals surface area contributed by atoms with Crippen LogP contribution in [-0.2, 0) is 11.3 Å². The molecule has 4 heteroatoms. The SMILES string of the molecule is C/C(=N\NC(=O)C[n+]1ccccc1)c1cccc2ccccc12. The van der Waals surface area contributed by atoms with Gasteiger partial charge < -0.3 is 0 Å². The largest absolute Gasteiger partial charge is 0.305 e. The molecule has 3 aromatic rings. The van der Waals surface area contributed by atoms with Crippen LogP contribution in [0.2, 0.25) is 0 Å². The molecule has 0 aliphatic heterocycles. The number of benzene rings is 2. The molecule has 2 aromatic carbocycles. The number of hydrazone groups is 1. The number of hydrogen-bond acceptors (Lipinski definition) is 2. The monoisotopic (exact) mass is 304 g/mol. The molecule has 23 heavy (non-hydrogen) atoms. The maximum Gasteiger partial charge on any atom is 0.305 e. The second kappa shape index (κ2) is 6.83. The molecule has 0 bridgehead atoms. The minimum absolute atomic E-state index is 0.152. The predicted octanol–water partition coefficient (Wildman–Crippen LogP) is 2.67. The zero-order valence-corrected chi connectivity index (χ0v) is 12.9. The van der Waals surface area contributed by atoms with Crippen molar-refractivity contribution in [3.8, 4) is 0 Å². The highest BCUT2D eigenvalue weighted by Crippen LogP contribution is 2.18. The van der Waals surface area contributed by atoms with Crippen LogP contribution in [0.3, 0.4) is 0 Å². The fraction of sp³-hybridized carbons (Fsp3) is 0.105. The van der Waals surface area contributed by atoms with Gasteiger partial charge in [0.2, 0.25) is 6.54 Å². The summed E-state index contributed by atoms with van der Waals surface area (Å²) in [5, 5.41) is 6.53. The van der Waals surface area contributed by atoms with Crippen LogP contribution in [-0.4, -0.2) is 11.6 Å². The molecule has 1 N–H and O–H groups in total. The maximum atomic E-state index is 12.0. The molecule has 0 unspecified atom stereocenters. The number of hydrogen-bond donors (Lipinski definition) is 1. The van der Waals surface area contributed by atoms with Crippen LogP contribution >= 0.6 is 0 Å². The molecule has 0 fully saturated rings. The summed E-state index contributed by atoms with van der Waals surface area (Å²) in [7, 11) is 0. The molecule has 0 spiro atoms. The Hall–Kier alpha value is -3.01. The summed E-state index contributed by atoms with van der Waals surface area (Å²) in [6, 6.07) is 19.9. The number of amides is 1. The Bertz CT molecular complexity index is 851. The molecule has 0 aliphatic carbocycles. The van der Waals surface area contributed by atoms with E-state index in [2.05, 4.69) is 28.7 Å². The van der Waals surface area contributed by atoms with Crippen LogP contribution in [0, 0.1) is 0 Å². The molecule has 3 rings (SSSR count). The molecule has 0 saturated heterocycles. The molecule has 0 aliphatic rings. The molecule has 0 radical (unpaired) electrons. The lowest BCUT2D eigenvalue weighted by atomic mass is 10.0. The molecule has 1 heterocycles. The third-order valence-corrected chi connectivity index (χ3v) is 3.63. The first kappa shape index (κ1) is 14.9. The van der Waals surface area contributed by atoms with E-state index < -0.39 is 0 Å². The van der Waals surface area contributed by atoms with Gasteiger partial charge in [-0.05, 0) is 17.7 Å². The number of rotatable bonds is 4. The fourth-order valence-corrected chi connectivity index (χ4v) is 2.49. The summed E-state index contributed by atoms with van der Waals surface area (Å²) < 4.78 is 1.80. The number of nitrogens with zero attached hydrogens (tertiary/aromatic N) is 2. The predicted molar refractivity (Wildman–Crippen MR) is 90.9 cm³/mol. The smallest absolute Gasteiger partial charge is 0.266 e. The molecule has 0 saturated carbocycles. The van der Waals surface area contributed by atoms with E-state index in [0.29, 0.717) is 0 Å². The maximum absolute atomic E-state index is 12.0. The quantitative estimate of drug-likeness (QED) is 0.449. The third kappa shape index (κ3) is 3.61. The Balaban J connectivity index is 1.75. The highest BCUT2D eigenvalue weighted by Gasteiger charge is 2.08. The van der Waals surface area contributed by atoms with Gasteiger partial charge in [-0.15, -0.1) is 0 Å². The number of carbonyl (C=O) groups excluding carboxylic acids is 1. The standard InChI is InChI=1S/C19H17N3O/c1-15(17-11-7-9-16-8-3-4-10-18(16)17)20-21-19(23)14-22-12-5-2-6-13-22/h2-13H,14H2,1H3/p+1/b20-15+. The lowest BCUT2D eigenvalue weighted by Gasteiger charge is -2.06. The van der Waals surface area contributed by atoms with Gasteiger partial charge in [-0.3, -0.25) is 4.79 Å². The number of aromatic nitrogens is 1. The average molecular weight is 304 g/mol. The van der Waals surface area contributed by atoms with Gasteiger partial charge >= 0.3 is 5.91 Å². The second-order valence-corrected chi connectivity index (χ2v) is 5.31. The van der Waals surface area contributed by atoms with E-state index in [-0.39, 0.29) is 12.5 Å². The Morgan fingerprint density at radius 1 is 1.00 bits per heavy atom. The molecular weight excluding hydrogens is 286 g/mol. The second-order valence-electron chi connectivity index (χ2n) is 5.31. The van der Waals surface area contributed by atoms with E-state index in [0.717, 1.165) is 22.0 Å². The first-order chi connectivity index (χ1) is 11.2. The lowest BCUT2D eigenvalue weighted by molar-refractivity contribution is -0.684. The van der Waals surface area contributed by atoms with Gasteiger partial charge in [0.25, 0.3) is 0 Å². The van der Waals surface area contributed by atoms with E-state index in [1.807, 2.05) is 61.8 Å². The van der Waals surface area contributed by atoms with Crippen LogP contribution in [0.4, 0.5) is 0 Å². The number of fused-ring (bicyclic) bond motifs is 1. The Labute approximate surface area is 135 Å². The van der Waals surface area contributed by atoms with E-state index in [4.69, 9.17) is 0 Å². The minimum atomic E-state index is -0.152. The van der Waals surface area contributed by atoms with E-state index in [1.54, 1.807) is 4.57 Å². The highest BCUT2D eigenvalue weighted by molar-refractivity contribution is 6.09. The van der Waals surface area contributed by atoms with E-state index in [9.17, 15) is 4.79 Å². The zero-order valence-electron chi connectivity index (χ0n) is 12.9. The van der Waals surface area contributed by atoms with Crippen LogP contribution < -0.4 is 9.99 Å². The molecule has 0 atom stereocenters. The van der Waals surface area contributed by atoms with E-state index in [1.165, 1.54) is 0 Å². The number of nitrogens with one attached hydrogen (secondary N) is 1. The van der Waals surface area contributed by atoms with Crippen molar-refractivity contribution in [1.29, 1.82) is 0 Å². The van der Waals surface area contributed by atoms with Gasteiger partial charge in [0.15, 0.2) is 12.4 Å². The van der Waals surface area contributed by atoms with Crippen molar-refractivity contribution in [3.63, 3.8) is 0 Å². The number of carbonyl (C=O) groups is 1. The van der Waals surface area contributed by atoms with Gasteiger partial charge in [-0.2, -0.15) is 9.67 Å². The molecule has 114 valence electrons. The Morgan fingerprint density at radius 2 is 1.74 bits per heavy atom. The lowest BCUT2D eigenvalue weighted by Crippen LogP contribution is -2.41. The van der Waals surface area contributed by atoms with Crippen molar-refractivity contribution in [3.05, 3.63) is 78.6 Å². The van der Waals surface area contributed by atoms with Gasteiger partial charge in [-0.1, -0.05) is 48.5 Å². The molecule has 1 aromatic heterocycles. The Kier molecular flexibility index (Phi) is 4.43. The normalized spacial score (nSPS) is 11.4. The zero-order chi connectivity index (χ0) is 16.1. The van der Waals surface area contributed by atoms with Gasteiger partial charge in [-0.25, -0.2) is 5.43 Å². The van der Waals surface area contributed by atoms with Crippen molar-refractivity contribution in [2.45, 2.75) is 13.5 Å². The average Bonchev–Trinajstić information content (AvgIpc) is 2.60. The van der Waals surface area contributed by atoms with Crippen LogP contribution in [0.5, 0.6) is 0 Å². The van der Waals surface area contributed by atoms with Crippen LogP contribution in [0.15, 0.2) is 78.2 Å². The van der Waals surface area contributed by atoms with Crippen molar-refractivity contribution < 1.29 is 9.36 Å². The van der Waals surface area contributed by atoms with Crippen LogP contribution in [0.1, 0.15) is 12.5 Å². The van der Waals surface area contributed by atoms with Crippen LogP contribution in [0.25, 0.3) is 10.8 Å². The van der Waals surface area contributed by atoms with E-state index >= 15 is 0 Å². The van der Waals surface area contributed by atoms with Crippen molar-refractivity contribution in [1.82, 2.24) is 5.43 Å². The third-order valence-electron chi connectivity index (χ3n) is 3.63. The minimum Gasteiger partial charge on any atom is -0.266 e. The summed E-state index contributed by atoms with van der Waals surface area (Å²) in [5.74, 6) is -0.152. The summed E-state index contributed by atoms with van der Waals surface area (Å²) in [6.45, 7) is 2.14. The summed E-state index contributed by atoms with van der Waals surface area (Å²) in [6.07, 6.45) is 3.70. The first-order valence-corrected chi connectivity index (χ1v) is 7.49. The van der Waals surface area contributed by atoms with Gasteiger partial charge in [0, 0.05) is 17.7 Å². The number of pyridine rings is 1. The van der Waals surface area contributed by atoms with Crippen molar-refractivity contribution in [2.24, 2.45) is 5.10 Å². The first-order valence-electron chi connectivity index (χ1n) is 7.49.